The third-order valence-electron chi connectivity index (χ3n) is 7.44. The third-order valence-corrected chi connectivity index (χ3v) is 7.44. The van der Waals surface area contributed by atoms with Gasteiger partial charge in [-0.05, 0) is 17.2 Å². The molecule has 204 valence electrons. The number of carboxylic acid groups (broad SMARTS) is 1. The maximum Gasteiger partial charge on any atom is 0.325 e. The summed E-state index contributed by atoms with van der Waals surface area (Å²) in [5.74, 6) is -5.65. The lowest BCUT2D eigenvalue weighted by molar-refractivity contribution is -0.385. The minimum atomic E-state index is -1.95. The van der Waals surface area contributed by atoms with Crippen molar-refractivity contribution in [3.05, 3.63) is 104 Å². The number of hydrogen-bond acceptors (Lipinski definition) is 9. The van der Waals surface area contributed by atoms with Crippen molar-refractivity contribution in [2.24, 2.45) is 11.8 Å². The average molecular weight is 546 g/mol. The third kappa shape index (κ3) is 4.12. The van der Waals surface area contributed by atoms with Crippen molar-refractivity contribution in [2.45, 2.75) is 18.0 Å². The molecule has 5 rings (SSSR count). The number of nitrogens with one attached hydrogen (secondary N) is 1. The highest BCUT2D eigenvalue weighted by atomic mass is 16.6. The largest absolute Gasteiger partial charge is 0.495 e. The highest BCUT2D eigenvalue weighted by molar-refractivity contribution is 6.25. The summed E-state index contributed by atoms with van der Waals surface area (Å²) in [6.07, 6.45) is -0.160. The van der Waals surface area contributed by atoms with Crippen LogP contribution in [0.25, 0.3) is 0 Å². The van der Waals surface area contributed by atoms with Gasteiger partial charge in [0, 0.05) is 36.7 Å². The van der Waals surface area contributed by atoms with E-state index in [0.717, 1.165) is 17.0 Å². The number of anilines is 1. The lowest BCUT2D eigenvalue weighted by Crippen LogP contribution is -2.57. The Morgan fingerprint density at radius 2 is 1.60 bits per heavy atom. The molecule has 2 N–H and O–H groups in total. The number of amides is 2. The number of carboxylic acids is 1. The van der Waals surface area contributed by atoms with E-state index in [0.29, 0.717) is 11.1 Å². The average Bonchev–Trinajstić information content (AvgIpc) is 3.42. The van der Waals surface area contributed by atoms with E-state index in [-0.39, 0.29) is 23.5 Å². The Morgan fingerprint density at radius 3 is 2.17 bits per heavy atom. The Labute approximate surface area is 226 Å². The summed E-state index contributed by atoms with van der Waals surface area (Å²) < 4.78 is 5.29. The van der Waals surface area contributed by atoms with E-state index in [1.54, 1.807) is 30.3 Å². The van der Waals surface area contributed by atoms with Crippen molar-refractivity contribution in [1.29, 1.82) is 0 Å². The predicted octanol–water partition coefficient (Wildman–Crippen LogP) is 3.03. The van der Waals surface area contributed by atoms with Crippen molar-refractivity contribution in [1.82, 2.24) is 5.32 Å². The van der Waals surface area contributed by atoms with Crippen LogP contribution in [0.1, 0.15) is 17.2 Å². The van der Waals surface area contributed by atoms with E-state index >= 15 is 0 Å². The van der Waals surface area contributed by atoms with Gasteiger partial charge in [0.1, 0.15) is 17.0 Å². The topological polar surface area (TPSA) is 182 Å². The van der Waals surface area contributed by atoms with E-state index in [4.69, 9.17) is 4.74 Å². The highest BCUT2D eigenvalue weighted by Gasteiger charge is 2.69. The standard InChI is InChI=1S/C27H22N4O9/c1-40-20-12-11-18(31(38)39)13-19(20)29-24(32)21-22(25(29)33)27(26(34)35,14-15-5-3-2-4-6-15)28-23(21)16-7-9-17(10-8-16)30(36)37/h2-13,21-23,28H,14H2,1H3,(H,34,35). The minimum Gasteiger partial charge on any atom is -0.495 e. The molecule has 0 saturated carbocycles. The molecule has 13 heteroatoms. The van der Waals surface area contributed by atoms with Crippen LogP contribution >= 0.6 is 0 Å². The van der Waals surface area contributed by atoms with Crippen LogP contribution in [0, 0.1) is 32.1 Å². The van der Waals surface area contributed by atoms with Gasteiger partial charge in [0.2, 0.25) is 11.8 Å². The molecule has 2 fully saturated rings. The molecule has 3 aromatic rings. The van der Waals surface area contributed by atoms with Gasteiger partial charge in [-0.1, -0.05) is 42.5 Å². The Bertz CT molecular complexity index is 1540. The van der Waals surface area contributed by atoms with Crippen LogP contribution in [0.3, 0.4) is 0 Å². The Hall–Kier alpha value is -5.17. The molecule has 2 saturated heterocycles. The number of nitro benzene ring substituents is 2. The van der Waals surface area contributed by atoms with E-state index < -0.39 is 56.7 Å². The maximum absolute atomic E-state index is 14.1. The monoisotopic (exact) mass is 546 g/mol. The molecule has 0 radical (unpaired) electrons. The molecule has 3 aromatic carbocycles. The first-order valence-electron chi connectivity index (χ1n) is 12.1. The molecule has 0 spiro atoms. The number of nitro groups is 2. The second-order valence-corrected chi connectivity index (χ2v) is 9.54. The maximum atomic E-state index is 14.1. The zero-order valence-corrected chi connectivity index (χ0v) is 20.9. The van der Waals surface area contributed by atoms with Gasteiger partial charge in [-0.3, -0.25) is 39.9 Å². The second kappa shape index (κ2) is 9.85. The molecule has 2 aliphatic rings. The van der Waals surface area contributed by atoms with E-state index in [2.05, 4.69) is 5.32 Å². The summed E-state index contributed by atoms with van der Waals surface area (Å²) in [4.78, 5) is 63.2. The second-order valence-electron chi connectivity index (χ2n) is 9.54. The van der Waals surface area contributed by atoms with Gasteiger partial charge in [0.05, 0.1) is 28.8 Å². The molecule has 2 aliphatic heterocycles. The number of hydrogen-bond donors (Lipinski definition) is 2. The van der Waals surface area contributed by atoms with Gasteiger partial charge >= 0.3 is 5.97 Å². The van der Waals surface area contributed by atoms with Crippen LogP contribution in [0.4, 0.5) is 17.1 Å². The Balaban J connectivity index is 1.68. The molecular formula is C27H22N4O9. The van der Waals surface area contributed by atoms with Gasteiger partial charge in [0.25, 0.3) is 11.4 Å². The molecule has 4 atom stereocenters. The Morgan fingerprint density at radius 1 is 0.975 bits per heavy atom. The van der Waals surface area contributed by atoms with Crippen molar-refractivity contribution in [3.63, 3.8) is 0 Å². The first-order valence-corrected chi connectivity index (χ1v) is 12.1. The van der Waals surface area contributed by atoms with Crippen LogP contribution in [-0.4, -0.2) is 45.4 Å². The summed E-state index contributed by atoms with van der Waals surface area (Å²) in [6, 6.07) is 16.3. The van der Waals surface area contributed by atoms with Gasteiger partial charge in [-0.15, -0.1) is 0 Å². The van der Waals surface area contributed by atoms with Gasteiger partial charge in [-0.25, -0.2) is 4.90 Å². The number of carbonyl (C=O) groups excluding carboxylic acids is 2. The van der Waals surface area contributed by atoms with Crippen molar-refractivity contribution >= 4 is 34.8 Å². The van der Waals surface area contributed by atoms with E-state index in [1.165, 1.54) is 37.4 Å². The van der Waals surface area contributed by atoms with Crippen LogP contribution in [0.15, 0.2) is 72.8 Å². The highest BCUT2D eigenvalue weighted by Crippen LogP contribution is 2.52. The number of fused-ring (bicyclic) bond motifs is 1. The first-order chi connectivity index (χ1) is 19.1. The molecule has 2 heterocycles. The number of rotatable bonds is 8. The van der Waals surface area contributed by atoms with Crippen LogP contribution in [-0.2, 0) is 20.8 Å². The number of imide groups is 1. The zero-order valence-electron chi connectivity index (χ0n) is 20.9. The molecule has 0 aliphatic carbocycles. The molecule has 40 heavy (non-hydrogen) atoms. The van der Waals surface area contributed by atoms with Crippen molar-refractivity contribution in [2.75, 3.05) is 12.0 Å². The fourth-order valence-electron chi connectivity index (χ4n) is 5.65. The molecule has 4 unspecified atom stereocenters. The SMILES string of the molecule is COc1ccc([N+](=O)[O-])cc1N1C(=O)C2C(c3ccc([N+](=O)[O-])cc3)NC(Cc3ccccc3)(C(=O)O)C2C1=O. The summed E-state index contributed by atoms with van der Waals surface area (Å²) in [7, 11) is 1.27. The summed E-state index contributed by atoms with van der Waals surface area (Å²) in [5, 5.41) is 36.3. The lowest BCUT2D eigenvalue weighted by Gasteiger charge is -2.31. The van der Waals surface area contributed by atoms with Crippen molar-refractivity contribution in [3.8, 4) is 5.75 Å². The number of nitrogens with zero attached hydrogens (tertiary/aromatic N) is 3. The number of methoxy groups -OCH3 is 1. The van der Waals surface area contributed by atoms with Crippen LogP contribution in [0.2, 0.25) is 0 Å². The van der Waals surface area contributed by atoms with Crippen LogP contribution < -0.4 is 15.0 Å². The van der Waals surface area contributed by atoms with Crippen molar-refractivity contribution < 1.29 is 34.1 Å². The normalized spacial score (nSPS) is 23.6. The number of ether oxygens (including phenoxy) is 1. The number of non-ortho nitro benzene ring substituents is 2. The summed E-state index contributed by atoms with van der Waals surface area (Å²) in [6.45, 7) is 0. The number of aliphatic carboxylic acids is 1. The smallest absolute Gasteiger partial charge is 0.325 e. The number of carbonyl (C=O) groups is 3. The van der Waals surface area contributed by atoms with Crippen LogP contribution in [0.5, 0.6) is 5.75 Å². The fourth-order valence-corrected chi connectivity index (χ4v) is 5.65. The quantitative estimate of drug-likeness (QED) is 0.242. The molecule has 13 nitrogen and oxygen atoms in total. The first kappa shape index (κ1) is 26.4. The lowest BCUT2D eigenvalue weighted by atomic mass is 9.76. The van der Waals surface area contributed by atoms with Gasteiger partial charge < -0.3 is 9.84 Å². The molecule has 0 aromatic heterocycles. The molecule has 0 bridgehead atoms. The molecular weight excluding hydrogens is 524 g/mol. The number of benzene rings is 3. The Kier molecular flexibility index (Phi) is 6.51. The van der Waals surface area contributed by atoms with Gasteiger partial charge in [0.15, 0.2) is 0 Å². The fraction of sp³-hybridized carbons (Fsp3) is 0.222. The minimum absolute atomic E-state index is 0.0103. The summed E-state index contributed by atoms with van der Waals surface area (Å²) >= 11 is 0. The zero-order chi connectivity index (χ0) is 28.8. The summed E-state index contributed by atoms with van der Waals surface area (Å²) in [5.41, 5.74) is -1.77. The van der Waals surface area contributed by atoms with E-state index in [1.807, 2.05) is 0 Å². The van der Waals surface area contributed by atoms with E-state index in [9.17, 15) is 39.7 Å². The van der Waals surface area contributed by atoms with Gasteiger partial charge in [-0.2, -0.15) is 0 Å². The molecule has 2 amide bonds. The predicted molar refractivity (Wildman–Crippen MR) is 139 cm³/mol.